The Balaban J connectivity index is 1.53. The fourth-order valence-corrected chi connectivity index (χ4v) is 3.50. The number of hydrogen-bond acceptors (Lipinski definition) is 7. The third-order valence-electron chi connectivity index (χ3n) is 5.25. The number of anilines is 1. The van der Waals surface area contributed by atoms with Gasteiger partial charge in [-0.25, -0.2) is 15.0 Å². The molecule has 0 unspecified atom stereocenters. The molecule has 170 valence electrons. The maximum Gasteiger partial charge on any atom is 0.277 e. The molecule has 0 aliphatic heterocycles. The van der Waals surface area contributed by atoms with Crippen LogP contribution in [0.4, 0.5) is 5.69 Å². The number of nitrogens with zero attached hydrogens (tertiary/aromatic N) is 5. The fourth-order valence-electron chi connectivity index (χ4n) is 3.50. The number of fused-ring (bicyclic) bond motifs is 1. The van der Waals surface area contributed by atoms with E-state index in [1.54, 1.807) is 42.9 Å². The average molecular weight is 454 g/mol. The molecule has 2 N–H and O–H groups in total. The van der Waals surface area contributed by atoms with Crippen molar-refractivity contribution in [1.82, 2.24) is 24.3 Å². The Morgan fingerprint density at radius 3 is 2.59 bits per heavy atom. The first-order valence-corrected chi connectivity index (χ1v) is 10.7. The molecule has 0 bridgehead atoms. The molecule has 4 aromatic heterocycles. The van der Waals surface area contributed by atoms with Crippen LogP contribution in [-0.4, -0.2) is 35.4 Å². The van der Waals surface area contributed by atoms with Crippen LogP contribution >= 0.6 is 0 Å². The van der Waals surface area contributed by atoms with E-state index in [-0.39, 0.29) is 5.69 Å². The molecule has 34 heavy (non-hydrogen) atoms. The Bertz CT molecular complexity index is 1500. The van der Waals surface area contributed by atoms with Crippen LogP contribution in [0, 0.1) is 6.92 Å². The number of benzene rings is 1. The summed E-state index contributed by atoms with van der Waals surface area (Å²) in [6.45, 7) is 5.18. The largest absolute Gasteiger partial charge is 0.444 e. The van der Waals surface area contributed by atoms with Gasteiger partial charge in [-0.2, -0.15) is 0 Å². The zero-order chi connectivity index (χ0) is 23.9. The SMILES string of the molecule is Cc1cc(-c2nc(C(=O)Nc3cn4cc(C(C)(C)O)nc4nc3-c3ccccc3)co2)ccn1. The van der Waals surface area contributed by atoms with Gasteiger partial charge in [0.25, 0.3) is 5.91 Å². The minimum Gasteiger partial charge on any atom is -0.444 e. The summed E-state index contributed by atoms with van der Waals surface area (Å²) in [5.74, 6) is 0.296. The molecule has 1 aromatic carbocycles. The van der Waals surface area contributed by atoms with Crippen molar-refractivity contribution in [3.63, 3.8) is 0 Å². The molecular weight excluding hydrogens is 432 g/mol. The zero-order valence-electron chi connectivity index (χ0n) is 18.9. The van der Waals surface area contributed by atoms with E-state index >= 15 is 0 Å². The van der Waals surface area contributed by atoms with E-state index in [0.29, 0.717) is 28.7 Å². The summed E-state index contributed by atoms with van der Waals surface area (Å²) in [4.78, 5) is 30.7. The highest BCUT2D eigenvalue weighted by molar-refractivity contribution is 6.04. The van der Waals surface area contributed by atoms with Crippen molar-refractivity contribution in [1.29, 1.82) is 0 Å². The van der Waals surface area contributed by atoms with Gasteiger partial charge in [-0.05, 0) is 32.9 Å². The molecule has 0 saturated carbocycles. The van der Waals surface area contributed by atoms with Crippen LogP contribution in [0.15, 0.2) is 71.7 Å². The van der Waals surface area contributed by atoms with E-state index in [1.807, 2.05) is 43.3 Å². The van der Waals surface area contributed by atoms with Crippen LogP contribution in [0.3, 0.4) is 0 Å². The maximum absolute atomic E-state index is 13.1. The smallest absolute Gasteiger partial charge is 0.277 e. The van der Waals surface area contributed by atoms with Gasteiger partial charge in [0.2, 0.25) is 11.7 Å². The quantitative estimate of drug-likeness (QED) is 0.408. The normalized spacial score (nSPS) is 11.6. The Morgan fingerprint density at radius 2 is 1.85 bits per heavy atom. The number of aryl methyl sites for hydroxylation is 1. The van der Waals surface area contributed by atoms with Crippen molar-refractivity contribution in [2.45, 2.75) is 26.4 Å². The highest BCUT2D eigenvalue weighted by Gasteiger charge is 2.22. The van der Waals surface area contributed by atoms with Crippen molar-refractivity contribution in [2.75, 3.05) is 5.32 Å². The van der Waals surface area contributed by atoms with E-state index in [9.17, 15) is 9.90 Å². The van der Waals surface area contributed by atoms with Crippen molar-refractivity contribution >= 4 is 17.4 Å². The molecule has 0 spiro atoms. The maximum atomic E-state index is 13.1. The van der Waals surface area contributed by atoms with Gasteiger partial charge in [-0.15, -0.1) is 0 Å². The van der Waals surface area contributed by atoms with E-state index < -0.39 is 11.5 Å². The number of nitrogens with one attached hydrogen (secondary N) is 1. The molecule has 5 rings (SSSR count). The summed E-state index contributed by atoms with van der Waals surface area (Å²) in [7, 11) is 0. The Labute approximate surface area is 195 Å². The summed E-state index contributed by atoms with van der Waals surface area (Å²) < 4.78 is 7.20. The molecule has 0 radical (unpaired) electrons. The number of rotatable bonds is 5. The molecule has 0 atom stereocenters. The second-order valence-electron chi connectivity index (χ2n) is 8.44. The van der Waals surface area contributed by atoms with Crippen LogP contribution in [0.5, 0.6) is 0 Å². The number of aromatic nitrogens is 5. The molecule has 0 aliphatic rings. The third kappa shape index (κ3) is 4.16. The van der Waals surface area contributed by atoms with Crippen molar-refractivity contribution in [3.05, 3.63) is 84.4 Å². The second-order valence-corrected chi connectivity index (χ2v) is 8.44. The first kappa shape index (κ1) is 21.5. The number of hydrogen-bond donors (Lipinski definition) is 2. The van der Waals surface area contributed by atoms with Crippen LogP contribution in [-0.2, 0) is 5.60 Å². The van der Waals surface area contributed by atoms with Gasteiger partial charge < -0.3 is 14.8 Å². The monoisotopic (exact) mass is 454 g/mol. The molecule has 9 nitrogen and oxygen atoms in total. The van der Waals surface area contributed by atoms with Gasteiger partial charge in [0.15, 0.2) is 5.69 Å². The lowest BCUT2D eigenvalue weighted by Crippen LogP contribution is -2.15. The van der Waals surface area contributed by atoms with Crippen molar-refractivity contribution < 1.29 is 14.3 Å². The van der Waals surface area contributed by atoms with Gasteiger partial charge in [0.1, 0.15) is 11.9 Å². The molecule has 0 fully saturated rings. The second kappa shape index (κ2) is 8.20. The first-order chi connectivity index (χ1) is 16.3. The lowest BCUT2D eigenvalue weighted by atomic mass is 10.1. The van der Waals surface area contributed by atoms with Gasteiger partial charge in [0, 0.05) is 35.4 Å². The summed E-state index contributed by atoms with van der Waals surface area (Å²) in [5.41, 5.74) is 2.84. The van der Waals surface area contributed by atoms with Crippen LogP contribution in [0.2, 0.25) is 0 Å². The van der Waals surface area contributed by atoms with E-state index in [4.69, 9.17) is 4.42 Å². The van der Waals surface area contributed by atoms with Crippen molar-refractivity contribution in [2.24, 2.45) is 0 Å². The minimum absolute atomic E-state index is 0.131. The Morgan fingerprint density at radius 1 is 1.06 bits per heavy atom. The molecule has 9 heteroatoms. The van der Waals surface area contributed by atoms with Crippen LogP contribution in [0.25, 0.3) is 28.5 Å². The molecule has 0 aliphatic carbocycles. The highest BCUT2D eigenvalue weighted by atomic mass is 16.3. The number of imidazole rings is 1. The number of amides is 1. The standard InChI is InChI=1S/C25H22N6O3/c1-15-11-17(9-10-26-15)23-28-19(14-34-23)22(32)27-18-12-31-13-20(25(2,3)33)29-24(31)30-21(18)16-7-5-4-6-8-16/h4-14,33H,1-3H3,(H,27,32). The van der Waals surface area contributed by atoms with Gasteiger partial charge in [0.05, 0.1) is 17.1 Å². The van der Waals surface area contributed by atoms with Gasteiger partial charge in [-0.1, -0.05) is 30.3 Å². The minimum atomic E-state index is -1.13. The van der Waals surface area contributed by atoms with E-state index in [2.05, 4.69) is 25.3 Å². The fraction of sp³-hybridized carbons (Fsp3) is 0.160. The number of carbonyl (C=O) groups is 1. The van der Waals surface area contributed by atoms with Gasteiger partial charge >= 0.3 is 0 Å². The van der Waals surface area contributed by atoms with Crippen LogP contribution in [0.1, 0.15) is 35.7 Å². The number of oxazole rings is 1. The first-order valence-electron chi connectivity index (χ1n) is 10.7. The Hall–Kier alpha value is -4.37. The average Bonchev–Trinajstić information content (AvgIpc) is 3.46. The lowest BCUT2D eigenvalue weighted by molar-refractivity contribution is 0.0744. The van der Waals surface area contributed by atoms with Gasteiger partial charge in [-0.3, -0.25) is 14.2 Å². The molecule has 5 aromatic rings. The predicted molar refractivity (Wildman–Crippen MR) is 126 cm³/mol. The summed E-state index contributed by atoms with van der Waals surface area (Å²) in [6, 6.07) is 13.1. The number of aliphatic hydroxyl groups is 1. The number of pyridine rings is 1. The summed E-state index contributed by atoms with van der Waals surface area (Å²) in [6.07, 6.45) is 6.39. The third-order valence-corrected chi connectivity index (χ3v) is 5.25. The predicted octanol–water partition coefficient (Wildman–Crippen LogP) is 4.23. The Kier molecular flexibility index (Phi) is 5.18. The summed E-state index contributed by atoms with van der Waals surface area (Å²) in [5, 5.41) is 13.3. The molecule has 1 amide bonds. The topological polar surface area (TPSA) is 118 Å². The van der Waals surface area contributed by atoms with E-state index in [1.165, 1.54) is 6.26 Å². The van der Waals surface area contributed by atoms with Crippen LogP contribution < -0.4 is 5.32 Å². The van der Waals surface area contributed by atoms with Crippen molar-refractivity contribution in [3.8, 4) is 22.7 Å². The highest BCUT2D eigenvalue weighted by Crippen LogP contribution is 2.29. The van der Waals surface area contributed by atoms with E-state index in [0.717, 1.165) is 16.8 Å². The lowest BCUT2D eigenvalue weighted by Gasteiger charge is -2.12. The molecular formula is C25H22N6O3. The molecule has 4 heterocycles. The summed E-state index contributed by atoms with van der Waals surface area (Å²) >= 11 is 0. The zero-order valence-corrected chi connectivity index (χ0v) is 18.9. The number of carbonyl (C=O) groups excluding carboxylic acids is 1. The molecule has 0 saturated heterocycles.